The Kier molecular flexibility index (Phi) is 5.52. The first-order valence-corrected chi connectivity index (χ1v) is 8.96. The van der Waals surface area contributed by atoms with Crippen LogP contribution in [0.1, 0.15) is 15.9 Å². The highest BCUT2D eigenvalue weighted by Gasteiger charge is 2.20. The van der Waals surface area contributed by atoms with E-state index >= 15 is 0 Å². The maximum absolute atomic E-state index is 12.1. The van der Waals surface area contributed by atoms with Crippen LogP contribution in [0, 0.1) is 11.3 Å². The van der Waals surface area contributed by atoms with Crippen LogP contribution < -0.4 is 5.32 Å². The van der Waals surface area contributed by atoms with Crippen molar-refractivity contribution in [2.24, 2.45) is 0 Å². The minimum Gasteiger partial charge on any atom is -0.452 e. The number of amides is 1. The highest BCUT2D eigenvalue weighted by Crippen LogP contribution is 2.16. The molecule has 25 heavy (non-hydrogen) atoms. The van der Waals surface area contributed by atoms with Crippen molar-refractivity contribution in [3.8, 4) is 6.07 Å². The quantitative estimate of drug-likeness (QED) is 0.815. The molecule has 0 bridgehead atoms. The number of anilines is 1. The van der Waals surface area contributed by atoms with Crippen molar-refractivity contribution in [2.75, 3.05) is 18.2 Å². The van der Waals surface area contributed by atoms with Gasteiger partial charge in [-0.1, -0.05) is 18.2 Å². The molecular formula is C17H14N2O5S. The van der Waals surface area contributed by atoms with Gasteiger partial charge in [-0.05, 0) is 30.3 Å². The van der Waals surface area contributed by atoms with E-state index in [2.05, 4.69) is 5.32 Å². The standard InChI is InChI=1S/C17H14N2O5S/c1-25(22,23)15-8-3-2-7-14(15)17(21)24-11-16(20)19-13-6-4-5-12(9-13)10-18/h2-9H,11H2,1H3,(H,19,20). The first-order chi connectivity index (χ1) is 11.8. The molecule has 0 heterocycles. The van der Waals surface area contributed by atoms with Gasteiger partial charge in [0.1, 0.15) is 0 Å². The Bertz CT molecular complexity index is 961. The number of nitrogens with one attached hydrogen (secondary N) is 1. The summed E-state index contributed by atoms with van der Waals surface area (Å²) in [7, 11) is -3.61. The van der Waals surface area contributed by atoms with Gasteiger partial charge in [0.2, 0.25) is 0 Å². The molecule has 7 nitrogen and oxygen atoms in total. The van der Waals surface area contributed by atoms with Crippen molar-refractivity contribution in [3.05, 3.63) is 59.7 Å². The summed E-state index contributed by atoms with van der Waals surface area (Å²) >= 11 is 0. The highest BCUT2D eigenvalue weighted by molar-refractivity contribution is 7.90. The van der Waals surface area contributed by atoms with E-state index in [0.717, 1.165) is 6.26 Å². The Hall–Kier alpha value is -3.18. The zero-order chi connectivity index (χ0) is 18.4. The molecule has 2 aromatic carbocycles. The molecule has 0 aliphatic rings. The van der Waals surface area contributed by atoms with Gasteiger partial charge < -0.3 is 10.1 Å². The second-order valence-electron chi connectivity index (χ2n) is 5.09. The van der Waals surface area contributed by atoms with Gasteiger partial charge in [-0.3, -0.25) is 4.79 Å². The normalized spacial score (nSPS) is 10.6. The third-order valence-electron chi connectivity index (χ3n) is 3.12. The molecule has 1 N–H and O–H groups in total. The lowest BCUT2D eigenvalue weighted by molar-refractivity contribution is -0.119. The van der Waals surface area contributed by atoms with Crippen LogP contribution in [0.5, 0.6) is 0 Å². The summed E-state index contributed by atoms with van der Waals surface area (Å²) in [6.45, 7) is -0.590. The molecule has 0 fully saturated rings. The molecule has 0 aromatic heterocycles. The second-order valence-corrected chi connectivity index (χ2v) is 7.07. The summed E-state index contributed by atoms with van der Waals surface area (Å²) in [4.78, 5) is 23.7. The third kappa shape index (κ3) is 4.89. The molecule has 0 saturated carbocycles. The number of carbonyl (C=O) groups excluding carboxylic acids is 2. The minimum absolute atomic E-state index is 0.135. The summed E-state index contributed by atoms with van der Waals surface area (Å²) in [6.07, 6.45) is 0.980. The van der Waals surface area contributed by atoms with Crippen molar-refractivity contribution in [2.45, 2.75) is 4.90 Å². The van der Waals surface area contributed by atoms with Crippen molar-refractivity contribution < 1.29 is 22.7 Å². The van der Waals surface area contributed by atoms with Crippen molar-refractivity contribution in [3.63, 3.8) is 0 Å². The second kappa shape index (κ2) is 7.59. The summed E-state index contributed by atoms with van der Waals surface area (Å²) < 4.78 is 28.2. The Balaban J connectivity index is 2.03. The van der Waals surface area contributed by atoms with Crippen LogP contribution in [0.15, 0.2) is 53.4 Å². The molecule has 0 aliphatic carbocycles. The number of nitrogens with zero attached hydrogens (tertiary/aromatic N) is 1. The van der Waals surface area contributed by atoms with Crippen LogP contribution in [0.2, 0.25) is 0 Å². The lowest BCUT2D eigenvalue weighted by atomic mass is 10.2. The van der Waals surface area contributed by atoms with Gasteiger partial charge in [0.15, 0.2) is 16.4 Å². The average molecular weight is 358 g/mol. The van der Waals surface area contributed by atoms with E-state index in [9.17, 15) is 18.0 Å². The molecule has 0 spiro atoms. The molecule has 2 rings (SSSR count). The Labute approximate surface area is 144 Å². The first-order valence-electron chi connectivity index (χ1n) is 7.07. The SMILES string of the molecule is CS(=O)(=O)c1ccccc1C(=O)OCC(=O)Nc1cccc(C#N)c1. The van der Waals surface area contributed by atoms with Gasteiger partial charge >= 0.3 is 5.97 Å². The fourth-order valence-electron chi connectivity index (χ4n) is 2.03. The van der Waals surface area contributed by atoms with Crippen LogP contribution in [-0.4, -0.2) is 33.2 Å². The van der Waals surface area contributed by atoms with Gasteiger partial charge in [-0.2, -0.15) is 5.26 Å². The number of ether oxygens (including phenoxy) is 1. The fraction of sp³-hybridized carbons (Fsp3) is 0.118. The molecule has 0 saturated heterocycles. The average Bonchev–Trinajstić information content (AvgIpc) is 2.59. The number of sulfone groups is 1. The Morgan fingerprint density at radius 3 is 2.56 bits per heavy atom. The smallest absolute Gasteiger partial charge is 0.339 e. The van der Waals surface area contributed by atoms with Crippen LogP contribution >= 0.6 is 0 Å². The van der Waals surface area contributed by atoms with Crippen LogP contribution in [0.25, 0.3) is 0 Å². The molecule has 1 amide bonds. The lowest BCUT2D eigenvalue weighted by Gasteiger charge is -2.09. The molecular weight excluding hydrogens is 344 g/mol. The van der Waals surface area contributed by atoms with Gasteiger partial charge in [-0.25, -0.2) is 13.2 Å². The fourth-order valence-corrected chi connectivity index (χ4v) is 2.91. The molecule has 2 aromatic rings. The zero-order valence-corrected chi connectivity index (χ0v) is 14.0. The van der Waals surface area contributed by atoms with Gasteiger partial charge in [0.05, 0.1) is 22.1 Å². The number of rotatable bonds is 5. The Morgan fingerprint density at radius 1 is 1.16 bits per heavy atom. The van der Waals surface area contributed by atoms with Crippen LogP contribution in [-0.2, 0) is 19.4 Å². The Morgan fingerprint density at radius 2 is 1.88 bits per heavy atom. The number of hydrogen-bond acceptors (Lipinski definition) is 6. The molecule has 8 heteroatoms. The zero-order valence-electron chi connectivity index (χ0n) is 13.2. The number of carbonyl (C=O) groups is 2. The molecule has 0 unspecified atom stereocenters. The van der Waals surface area contributed by atoms with E-state index in [4.69, 9.17) is 10.00 Å². The lowest BCUT2D eigenvalue weighted by Crippen LogP contribution is -2.21. The predicted molar refractivity (Wildman–Crippen MR) is 89.6 cm³/mol. The van der Waals surface area contributed by atoms with Crippen molar-refractivity contribution in [1.29, 1.82) is 5.26 Å². The van der Waals surface area contributed by atoms with E-state index in [1.54, 1.807) is 18.2 Å². The van der Waals surface area contributed by atoms with E-state index < -0.39 is 28.3 Å². The first kappa shape index (κ1) is 18.2. The largest absolute Gasteiger partial charge is 0.452 e. The maximum atomic E-state index is 12.1. The summed E-state index contributed by atoms with van der Waals surface area (Å²) in [5, 5.41) is 11.3. The van der Waals surface area contributed by atoms with Gasteiger partial charge in [0, 0.05) is 11.9 Å². The van der Waals surface area contributed by atoms with Crippen molar-refractivity contribution in [1.82, 2.24) is 0 Å². The summed E-state index contributed by atoms with van der Waals surface area (Å²) in [6, 6.07) is 13.8. The monoisotopic (exact) mass is 358 g/mol. The predicted octanol–water partition coefficient (Wildman–Crippen LogP) is 1.76. The summed E-state index contributed by atoms with van der Waals surface area (Å²) in [5.41, 5.74) is 0.623. The molecule has 128 valence electrons. The molecule has 0 atom stereocenters. The van der Waals surface area contributed by atoms with Gasteiger partial charge in [0.25, 0.3) is 5.91 Å². The highest BCUT2D eigenvalue weighted by atomic mass is 32.2. The number of esters is 1. The maximum Gasteiger partial charge on any atom is 0.339 e. The minimum atomic E-state index is -3.61. The van der Waals surface area contributed by atoms with Gasteiger partial charge in [-0.15, -0.1) is 0 Å². The number of hydrogen-bond donors (Lipinski definition) is 1. The molecule has 0 aliphatic heterocycles. The van der Waals surface area contributed by atoms with E-state index in [1.165, 1.54) is 30.3 Å². The topological polar surface area (TPSA) is 113 Å². The summed E-state index contributed by atoms with van der Waals surface area (Å²) in [5.74, 6) is -1.53. The van der Waals surface area contributed by atoms with Crippen molar-refractivity contribution >= 4 is 27.4 Å². The number of benzene rings is 2. The molecule has 0 radical (unpaired) electrons. The van der Waals surface area contributed by atoms with Crippen LogP contribution in [0.4, 0.5) is 5.69 Å². The van der Waals surface area contributed by atoms with E-state index in [-0.39, 0.29) is 10.5 Å². The van der Waals surface area contributed by atoms with Crippen LogP contribution in [0.3, 0.4) is 0 Å². The van der Waals surface area contributed by atoms with E-state index in [0.29, 0.717) is 11.3 Å². The number of nitriles is 1. The van der Waals surface area contributed by atoms with E-state index in [1.807, 2.05) is 6.07 Å². The third-order valence-corrected chi connectivity index (χ3v) is 4.27.